The number of aromatic amines is 1. The number of aliphatic hydroxyl groups is 2. The van der Waals surface area contributed by atoms with Crippen molar-refractivity contribution in [2.24, 2.45) is 5.73 Å². The predicted molar refractivity (Wildman–Crippen MR) is 117 cm³/mol. The van der Waals surface area contributed by atoms with E-state index in [1.165, 1.54) is 0 Å². The Morgan fingerprint density at radius 2 is 1.78 bits per heavy atom. The maximum atomic E-state index is 12.4. The summed E-state index contributed by atoms with van der Waals surface area (Å²) in [5, 5.41) is 20.6. The molecule has 0 bridgehead atoms. The fourth-order valence-electron chi connectivity index (χ4n) is 3.09. The van der Waals surface area contributed by atoms with Crippen LogP contribution in [0.2, 0.25) is 0 Å². The van der Waals surface area contributed by atoms with Gasteiger partial charge in [0.05, 0.1) is 19.1 Å². The number of aromatic nitrogens is 2. The maximum absolute atomic E-state index is 12.4. The summed E-state index contributed by atoms with van der Waals surface area (Å²) in [5.74, 6) is 4.72. The van der Waals surface area contributed by atoms with E-state index < -0.39 is 71.8 Å². The third-order valence-corrected chi connectivity index (χ3v) is 8.39. The van der Waals surface area contributed by atoms with Gasteiger partial charge in [-0.15, -0.1) is 0 Å². The minimum Gasteiger partial charge on any atom is -0.387 e. The molecule has 0 aromatic carbocycles. The highest BCUT2D eigenvalue weighted by atomic mass is 31.3. The molecule has 204 valence electrons. The van der Waals surface area contributed by atoms with Gasteiger partial charge in [0.1, 0.15) is 18.3 Å². The number of rotatable bonds is 10. The van der Waals surface area contributed by atoms with E-state index in [4.69, 9.17) is 25.2 Å². The molecule has 1 aliphatic heterocycles. The quantitative estimate of drug-likeness (QED) is 0.109. The van der Waals surface area contributed by atoms with Crippen LogP contribution < -0.4 is 17.0 Å². The van der Waals surface area contributed by atoms with Gasteiger partial charge in [0.2, 0.25) is 0 Å². The Labute approximate surface area is 202 Å². The summed E-state index contributed by atoms with van der Waals surface area (Å²) in [7, 11) is -16.9. The second-order valence-corrected chi connectivity index (χ2v) is 11.6. The highest BCUT2D eigenvalue weighted by Gasteiger charge is 2.47. The number of phosphoric acid groups is 3. The third-order valence-electron chi connectivity index (χ3n) is 4.59. The summed E-state index contributed by atoms with van der Waals surface area (Å²) in [5.41, 5.74) is 3.58. The van der Waals surface area contributed by atoms with E-state index in [1.54, 1.807) is 6.92 Å². The minimum atomic E-state index is -5.77. The summed E-state index contributed by atoms with van der Waals surface area (Å²) in [6.45, 7) is 0.652. The van der Waals surface area contributed by atoms with Crippen molar-refractivity contribution in [1.29, 1.82) is 0 Å². The second kappa shape index (κ2) is 11.9. The Bertz CT molecular complexity index is 1260. The molecule has 2 rings (SSSR count). The van der Waals surface area contributed by atoms with Crippen LogP contribution in [0.1, 0.15) is 31.1 Å². The highest BCUT2D eigenvalue weighted by molar-refractivity contribution is 7.66. The first kappa shape index (κ1) is 30.7. The van der Waals surface area contributed by atoms with Crippen molar-refractivity contribution in [3.63, 3.8) is 0 Å². The van der Waals surface area contributed by atoms with Crippen LogP contribution in [0.4, 0.5) is 0 Å². The Hall–Kier alpha value is -1.51. The van der Waals surface area contributed by atoms with Gasteiger partial charge in [-0.2, -0.15) is 8.62 Å². The van der Waals surface area contributed by atoms with E-state index in [-0.39, 0.29) is 12.1 Å². The lowest BCUT2D eigenvalue weighted by Crippen LogP contribution is -2.39. The van der Waals surface area contributed by atoms with Gasteiger partial charge in [0.15, 0.2) is 6.23 Å². The number of nitrogens with two attached hydrogens (primary N) is 1. The molecule has 0 aliphatic carbocycles. The summed E-state index contributed by atoms with van der Waals surface area (Å²) in [6.07, 6.45) is -5.51. The van der Waals surface area contributed by atoms with Crippen molar-refractivity contribution in [1.82, 2.24) is 9.55 Å². The molecular formula is C15H24N3O15P3. The van der Waals surface area contributed by atoms with E-state index in [9.17, 15) is 38.4 Å². The largest absolute Gasteiger partial charge is 0.490 e. The van der Waals surface area contributed by atoms with Crippen molar-refractivity contribution in [2.45, 2.75) is 43.8 Å². The minimum absolute atomic E-state index is 0.0158. The first-order chi connectivity index (χ1) is 16.5. The molecule has 9 N–H and O–H groups in total. The summed E-state index contributed by atoms with van der Waals surface area (Å²) >= 11 is 0. The lowest BCUT2D eigenvalue weighted by molar-refractivity contribution is -0.0543. The molecule has 1 fully saturated rings. The van der Waals surface area contributed by atoms with Crippen LogP contribution in [-0.4, -0.2) is 70.8 Å². The van der Waals surface area contributed by atoms with Gasteiger partial charge in [0, 0.05) is 11.8 Å². The fourth-order valence-corrected chi connectivity index (χ4v) is 6.12. The molecule has 0 amide bonds. The van der Waals surface area contributed by atoms with E-state index in [0.717, 1.165) is 10.8 Å². The van der Waals surface area contributed by atoms with Gasteiger partial charge in [-0.3, -0.25) is 18.9 Å². The molecule has 1 aliphatic rings. The smallest absolute Gasteiger partial charge is 0.387 e. The number of aliphatic hydroxyl groups excluding tert-OH is 2. The maximum Gasteiger partial charge on any atom is 0.490 e. The van der Waals surface area contributed by atoms with E-state index in [0.29, 0.717) is 6.42 Å². The number of nitrogens with one attached hydrogen (secondary N) is 1. The van der Waals surface area contributed by atoms with Gasteiger partial charge in [-0.25, -0.2) is 18.5 Å². The van der Waals surface area contributed by atoms with Crippen molar-refractivity contribution < 1.29 is 61.4 Å². The van der Waals surface area contributed by atoms with E-state index >= 15 is 0 Å². The van der Waals surface area contributed by atoms with Crippen molar-refractivity contribution in [3.8, 4) is 11.8 Å². The van der Waals surface area contributed by atoms with Gasteiger partial charge in [0.25, 0.3) is 5.56 Å². The number of ether oxygens (including phenoxy) is 1. The number of hydrogen-bond donors (Lipinski definition) is 8. The lowest BCUT2D eigenvalue weighted by atomic mass is 9.99. The highest BCUT2D eigenvalue weighted by Crippen LogP contribution is 2.66. The molecule has 7 atom stereocenters. The predicted octanol–water partition coefficient (Wildman–Crippen LogP) is -2.05. The molecule has 0 radical (unpaired) electrons. The lowest BCUT2D eigenvalue weighted by Gasteiger charge is -2.19. The molecule has 1 aromatic rings. The van der Waals surface area contributed by atoms with Crippen LogP contribution in [0, 0.1) is 11.8 Å². The topological polar surface area (TPSA) is 290 Å². The average molecular weight is 579 g/mol. The zero-order valence-corrected chi connectivity index (χ0v) is 21.0. The third kappa shape index (κ3) is 8.25. The zero-order valence-electron chi connectivity index (χ0n) is 18.3. The van der Waals surface area contributed by atoms with Gasteiger partial charge in [-0.1, -0.05) is 18.8 Å². The number of nitrogens with zero attached hydrogens (tertiary/aromatic N) is 1. The molecule has 36 heavy (non-hydrogen) atoms. The molecule has 1 saturated heterocycles. The standard InChI is InChI=1S/C15H24N3O15P3/c1-2-8(4-3-5-16)9-6-18(15(22)17-13(9)21)14-12(20)11(19)10(31-14)7-30-35(26,27)33-36(28,29)32-34(23,24)25/h6,8,10-12,14,19-20H,2,5,7,16H2,1H3,(H,26,27)(H,28,29)(H,17,21,22)(H2,23,24,25)/t8?,10-,11-,12-,14-/m1/s1. The second-order valence-electron chi connectivity index (χ2n) is 7.17. The van der Waals surface area contributed by atoms with Crippen LogP contribution in [-0.2, 0) is 31.6 Å². The first-order valence-corrected chi connectivity index (χ1v) is 14.4. The number of hydrogen-bond acceptors (Lipinski definition) is 12. The summed E-state index contributed by atoms with van der Waals surface area (Å²) in [6, 6.07) is 0. The first-order valence-electron chi connectivity index (χ1n) is 9.84. The monoisotopic (exact) mass is 579 g/mol. The summed E-state index contributed by atoms with van der Waals surface area (Å²) < 4.78 is 51.5. The molecule has 3 unspecified atom stereocenters. The van der Waals surface area contributed by atoms with Gasteiger partial charge in [-0.05, 0) is 6.42 Å². The number of H-pyrrole nitrogens is 1. The van der Waals surface area contributed by atoms with Crippen LogP contribution in [0.5, 0.6) is 0 Å². The molecule has 0 saturated carbocycles. The number of phosphoric ester groups is 1. The van der Waals surface area contributed by atoms with Crippen LogP contribution in [0.3, 0.4) is 0 Å². The normalized spacial score (nSPS) is 26.4. The zero-order chi connectivity index (χ0) is 27.5. The Morgan fingerprint density at radius 3 is 2.33 bits per heavy atom. The van der Waals surface area contributed by atoms with Gasteiger partial charge < -0.3 is 40.3 Å². The van der Waals surface area contributed by atoms with Crippen molar-refractivity contribution in [3.05, 3.63) is 32.6 Å². The summed E-state index contributed by atoms with van der Waals surface area (Å²) in [4.78, 5) is 62.4. The van der Waals surface area contributed by atoms with Gasteiger partial charge >= 0.3 is 29.2 Å². The Kier molecular flexibility index (Phi) is 10.2. The molecule has 18 nitrogen and oxygen atoms in total. The van der Waals surface area contributed by atoms with Crippen LogP contribution in [0.25, 0.3) is 0 Å². The molecule has 0 spiro atoms. The molecule has 2 heterocycles. The average Bonchev–Trinajstić information content (AvgIpc) is 2.99. The van der Waals surface area contributed by atoms with Crippen LogP contribution in [0.15, 0.2) is 15.8 Å². The SMILES string of the molecule is CCC(C#CCN)c1cn([C@@H]2O[C@H](COP(=O)(O)OP(=O)(O)OP(=O)(O)O)[C@@H](O)[C@H]2O)c(=O)[nH]c1=O. The Morgan fingerprint density at radius 1 is 1.14 bits per heavy atom. The fraction of sp³-hybridized carbons (Fsp3) is 0.600. The molecule has 1 aromatic heterocycles. The molecule has 21 heteroatoms. The Balaban J connectivity index is 2.22. The van der Waals surface area contributed by atoms with E-state index in [2.05, 4.69) is 25.0 Å². The van der Waals surface area contributed by atoms with E-state index in [1.807, 2.05) is 4.98 Å². The molecular weight excluding hydrogens is 555 g/mol. The van der Waals surface area contributed by atoms with Crippen molar-refractivity contribution >= 4 is 23.5 Å². The van der Waals surface area contributed by atoms with Crippen molar-refractivity contribution in [2.75, 3.05) is 13.2 Å². The van der Waals surface area contributed by atoms with Crippen LogP contribution >= 0.6 is 23.5 Å².